The Kier molecular flexibility index (Phi) is 5.96. The third kappa shape index (κ3) is 4.41. The molecule has 4 saturated heterocycles. The lowest BCUT2D eigenvalue weighted by molar-refractivity contribution is -0.144. The van der Waals surface area contributed by atoms with Crippen LogP contribution >= 0.6 is 0 Å². The van der Waals surface area contributed by atoms with Crippen LogP contribution in [0.5, 0.6) is 0 Å². The fraction of sp³-hybridized carbons (Fsp3) is 0.600. The number of piperidine rings is 4. The third-order valence-electron chi connectivity index (χ3n) is 7.83. The monoisotopic (exact) mass is 449 g/mol. The number of nitrogens with one attached hydrogen (secondary N) is 1. The van der Waals surface area contributed by atoms with Gasteiger partial charge in [-0.1, -0.05) is 0 Å². The first-order valence-electron chi connectivity index (χ1n) is 12.2. The minimum absolute atomic E-state index is 0.0414. The molecule has 4 aliphatic rings. The number of fused-ring (bicyclic) bond motifs is 4. The van der Waals surface area contributed by atoms with Crippen LogP contribution in [0.4, 0.5) is 4.79 Å². The fourth-order valence-corrected chi connectivity index (χ4v) is 6.15. The van der Waals surface area contributed by atoms with Crippen LogP contribution < -0.4 is 5.32 Å². The lowest BCUT2D eigenvalue weighted by atomic mass is 9.76. The Bertz CT molecular complexity index is 963. The van der Waals surface area contributed by atoms with E-state index in [0.717, 1.165) is 51.7 Å². The Hall–Kier alpha value is -3.08. The van der Waals surface area contributed by atoms with E-state index in [1.807, 2.05) is 9.80 Å². The highest BCUT2D eigenvalue weighted by Gasteiger charge is 2.45. The van der Waals surface area contributed by atoms with Crippen LogP contribution in [0.1, 0.15) is 54.4 Å². The maximum atomic E-state index is 13.3. The highest BCUT2D eigenvalue weighted by Crippen LogP contribution is 2.38. The van der Waals surface area contributed by atoms with Crippen molar-refractivity contribution in [3.63, 3.8) is 0 Å². The number of hydrogen-bond donors (Lipinski definition) is 1. The minimum atomic E-state index is -0.139. The van der Waals surface area contributed by atoms with Gasteiger partial charge in [-0.25, -0.2) is 4.79 Å². The molecule has 4 fully saturated rings. The van der Waals surface area contributed by atoms with Crippen molar-refractivity contribution in [1.82, 2.24) is 20.0 Å². The summed E-state index contributed by atoms with van der Waals surface area (Å²) >= 11 is 0. The lowest BCUT2D eigenvalue weighted by Gasteiger charge is -2.53. The molecule has 1 N–H and O–H groups in total. The van der Waals surface area contributed by atoms with Gasteiger partial charge < -0.3 is 20.0 Å². The second-order valence-electron chi connectivity index (χ2n) is 9.98. The molecule has 174 valence electrons. The molecule has 0 aromatic heterocycles. The zero-order valence-electron chi connectivity index (χ0n) is 18.9. The lowest BCUT2D eigenvalue weighted by Crippen LogP contribution is -2.62. The summed E-state index contributed by atoms with van der Waals surface area (Å²) in [7, 11) is 0. The Morgan fingerprint density at radius 2 is 1.76 bits per heavy atom. The van der Waals surface area contributed by atoms with Crippen LogP contribution in [-0.2, 0) is 4.79 Å². The number of benzene rings is 1. The highest BCUT2D eigenvalue weighted by molar-refractivity contribution is 5.94. The number of nitriles is 1. The first-order valence-corrected chi connectivity index (χ1v) is 12.2. The average Bonchev–Trinajstić information content (AvgIpc) is 2.84. The van der Waals surface area contributed by atoms with Gasteiger partial charge in [0, 0.05) is 56.8 Å². The van der Waals surface area contributed by atoms with Crippen molar-refractivity contribution < 1.29 is 14.4 Å². The van der Waals surface area contributed by atoms with E-state index in [1.165, 1.54) is 0 Å². The highest BCUT2D eigenvalue weighted by atomic mass is 16.2. The van der Waals surface area contributed by atoms with Crippen molar-refractivity contribution in [1.29, 1.82) is 5.26 Å². The van der Waals surface area contributed by atoms with Crippen LogP contribution in [0.25, 0.3) is 0 Å². The maximum Gasteiger partial charge on any atom is 0.320 e. The van der Waals surface area contributed by atoms with E-state index in [2.05, 4.69) is 16.3 Å². The maximum absolute atomic E-state index is 13.3. The first-order chi connectivity index (χ1) is 16.0. The summed E-state index contributed by atoms with van der Waals surface area (Å²) in [5, 5.41) is 12.0. The second-order valence-corrected chi connectivity index (χ2v) is 9.98. The van der Waals surface area contributed by atoms with Crippen molar-refractivity contribution in [2.24, 2.45) is 11.8 Å². The van der Waals surface area contributed by atoms with Gasteiger partial charge in [0.05, 0.1) is 11.6 Å². The summed E-state index contributed by atoms with van der Waals surface area (Å²) in [4.78, 5) is 44.2. The molecule has 33 heavy (non-hydrogen) atoms. The molecule has 4 aliphatic heterocycles. The van der Waals surface area contributed by atoms with Crippen molar-refractivity contribution >= 4 is 17.8 Å². The number of rotatable bonds is 2. The van der Waals surface area contributed by atoms with E-state index in [0.29, 0.717) is 54.4 Å². The number of hydrogen-bond acceptors (Lipinski definition) is 4. The molecule has 4 amide bonds. The molecule has 5 rings (SSSR count). The van der Waals surface area contributed by atoms with Gasteiger partial charge in [-0.15, -0.1) is 0 Å². The topological polar surface area (TPSA) is 96.7 Å². The summed E-state index contributed by atoms with van der Waals surface area (Å²) in [6, 6.07) is 9.14. The van der Waals surface area contributed by atoms with Gasteiger partial charge in [0.2, 0.25) is 5.91 Å². The SMILES string of the molecule is N#Cc1ccc(C(=O)NC2CCN(C(=O)N3C[C@H]4C[C@H](C3)[C@H]3CCCC(=O)N3C4)CC2)cc1. The molecule has 8 heteroatoms. The molecule has 0 radical (unpaired) electrons. The number of nitrogens with zero attached hydrogens (tertiary/aromatic N) is 4. The second kappa shape index (κ2) is 9.05. The number of amides is 4. The fourth-order valence-electron chi connectivity index (χ4n) is 6.15. The van der Waals surface area contributed by atoms with Crippen LogP contribution in [-0.4, -0.2) is 77.4 Å². The molecule has 0 saturated carbocycles. The summed E-state index contributed by atoms with van der Waals surface area (Å²) in [5.74, 6) is 0.941. The normalized spacial score (nSPS) is 27.5. The number of carbonyl (C=O) groups excluding carboxylic acids is 3. The predicted octanol–water partition coefficient (Wildman–Crippen LogP) is 2.21. The Morgan fingerprint density at radius 1 is 1.00 bits per heavy atom. The molecule has 0 unspecified atom stereocenters. The van der Waals surface area contributed by atoms with Crippen LogP contribution in [0, 0.1) is 23.2 Å². The van der Waals surface area contributed by atoms with E-state index in [9.17, 15) is 14.4 Å². The number of urea groups is 1. The van der Waals surface area contributed by atoms with Crippen molar-refractivity contribution in [2.75, 3.05) is 32.7 Å². The summed E-state index contributed by atoms with van der Waals surface area (Å²) in [5.41, 5.74) is 1.07. The summed E-state index contributed by atoms with van der Waals surface area (Å²) in [6.07, 6.45) is 5.31. The van der Waals surface area contributed by atoms with Crippen molar-refractivity contribution in [3.8, 4) is 6.07 Å². The predicted molar refractivity (Wildman–Crippen MR) is 121 cm³/mol. The Morgan fingerprint density at radius 3 is 2.48 bits per heavy atom. The van der Waals surface area contributed by atoms with Gasteiger partial charge in [0.15, 0.2) is 0 Å². The zero-order chi connectivity index (χ0) is 22.9. The first kappa shape index (κ1) is 21.7. The smallest absolute Gasteiger partial charge is 0.320 e. The van der Waals surface area contributed by atoms with Gasteiger partial charge in [-0.3, -0.25) is 9.59 Å². The van der Waals surface area contributed by atoms with Gasteiger partial charge in [-0.05, 0) is 68.2 Å². The molecule has 1 aromatic carbocycles. The largest absolute Gasteiger partial charge is 0.349 e. The van der Waals surface area contributed by atoms with E-state index < -0.39 is 0 Å². The van der Waals surface area contributed by atoms with E-state index in [4.69, 9.17) is 5.26 Å². The standard InChI is InChI=1S/C25H31N5O3/c26-13-17-4-6-19(7-5-17)24(32)27-21-8-10-28(11-9-21)25(33)29-14-18-12-20(16-29)22-2-1-3-23(31)30(22)15-18/h4-7,18,20-22H,1-3,8-12,14-16H2,(H,27,32)/t18-,20-,22-/m1/s1. The molecule has 0 aliphatic carbocycles. The molecule has 1 aromatic rings. The molecule has 2 bridgehead atoms. The quantitative estimate of drug-likeness (QED) is 0.749. The van der Waals surface area contributed by atoms with Crippen LogP contribution in [0.3, 0.4) is 0 Å². The van der Waals surface area contributed by atoms with Crippen molar-refractivity contribution in [3.05, 3.63) is 35.4 Å². The van der Waals surface area contributed by atoms with Crippen LogP contribution in [0.15, 0.2) is 24.3 Å². The zero-order valence-corrected chi connectivity index (χ0v) is 18.9. The van der Waals surface area contributed by atoms with Gasteiger partial charge in [0.25, 0.3) is 5.91 Å². The Balaban J connectivity index is 1.13. The average molecular weight is 450 g/mol. The van der Waals surface area contributed by atoms with E-state index in [1.54, 1.807) is 24.3 Å². The van der Waals surface area contributed by atoms with Gasteiger partial charge >= 0.3 is 6.03 Å². The number of carbonyl (C=O) groups is 3. The summed E-state index contributed by atoms with van der Waals surface area (Å²) < 4.78 is 0. The van der Waals surface area contributed by atoms with E-state index in [-0.39, 0.29) is 18.0 Å². The van der Waals surface area contributed by atoms with Gasteiger partial charge in [0.1, 0.15) is 0 Å². The van der Waals surface area contributed by atoms with Crippen LogP contribution in [0.2, 0.25) is 0 Å². The molecular formula is C25H31N5O3. The molecule has 8 nitrogen and oxygen atoms in total. The molecule has 4 heterocycles. The Labute approximate surface area is 194 Å². The van der Waals surface area contributed by atoms with E-state index >= 15 is 0 Å². The number of likely N-dealkylation sites (tertiary alicyclic amines) is 2. The van der Waals surface area contributed by atoms with Gasteiger partial charge in [-0.2, -0.15) is 5.26 Å². The summed E-state index contributed by atoms with van der Waals surface area (Å²) in [6.45, 7) is 3.56. The molecule has 3 atom stereocenters. The molecule has 0 spiro atoms. The third-order valence-corrected chi connectivity index (χ3v) is 7.83. The van der Waals surface area contributed by atoms with Crippen molar-refractivity contribution in [2.45, 2.75) is 50.6 Å². The molecular weight excluding hydrogens is 418 g/mol. The minimum Gasteiger partial charge on any atom is -0.349 e.